The SMILES string of the molecule is CC(C)COCCNC1CCOC(C)(C)C1. The van der Waals surface area contributed by atoms with E-state index < -0.39 is 0 Å². The Morgan fingerprint density at radius 1 is 1.44 bits per heavy atom. The molecule has 1 aliphatic rings. The maximum absolute atomic E-state index is 5.68. The van der Waals surface area contributed by atoms with Crippen LogP contribution in [0.4, 0.5) is 0 Å². The first-order valence-electron chi connectivity index (χ1n) is 6.45. The van der Waals surface area contributed by atoms with Crippen molar-refractivity contribution in [3.05, 3.63) is 0 Å². The van der Waals surface area contributed by atoms with Crippen molar-refractivity contribution >= 4 is 0 Å². The molecular formula is C13H27NO2. The Labute approximate surface area is 99.9 Å². The van der Waals surface area contributed by atoms with Gasteiger partial charge in [-0.2, -0.15) is 0 Å². The Hall–Kier alpha value is -0.120. The van der Waals surface area contributed by atoms with Crippen LogP contribution in [0, 0.1) is 5.92 Å². The molecule has 0 bridgehead atoms. The summed E-state index contributed by atoms with van der Waals surface area (Å²) in [7, 11) is 0. The first kappa shape index (κ1) is 13.9. The fraction of sp³-hybridized carbons (Fsp3) is 1.00. The third kappa shape index (κ3) is 5.83. The van der Waals surface area contributed by atoms with Crippen LogP contribution in [-0.2, 0) is 9.47 Å². The molecule has 1 atom stereocenters. The zero-order valence-corrected chi connectivity index (χ0v) is 11.2. The molecule has 96 valence electrons. The maximum Gasteiger partial charge on any atom is 0.0641 e. The summed E-state index contributed by atoms with van der Waals surface area (Å²) >= 11 is 0. The molecule has 0 aromatic carbocycles. The molecule has 16 heavy (non-hydrogen) atoms. The van der Waals surface area contributed by atoms with Crippen LogP contribution in [0.5, 0.6) is 0 Å². The Balaban J connectivity index is 2.04. The van der Waals surface area contributed by atoms with Gasteiger partial charge in [-0.25, -0.2) is 0 Å². The molecule has 1 N–H and O–H groups in total. The van der Waals surface area contributed by atoms with Gasteiger partial charge < -0.3 is 14.8 Å². The van der Waals surface area contributed by atoms with Gasteiger partial charge >= 0.3 is 0 Å². The van der Waals surface area contributed by atoms with E-state index in [1.165, 1.54) is 0 Å². The summed E-state index contributed by atoms with van der Waals surface area (Å²) in [6, 6.07) is 0.589. The minimum atomic E-state index is 0.0364. The smallest absolute Gasteiger partial charge is 0.0641 e. The largest absolute Gasteiger partial charge is 0.380 e. The van der Waals surface area contributed by atoms with Crippen molar-refractivity contribution in [1.82, 2.24) is 5.32 Å². The highest BCUT2D eigenvalue weighted by atomic mass is 16.5. The fourth-order valence-corrected chi connectivity index (χ4v) is 2.06. The van der Waals surface area contributed by atoms with Gasteiger partial charge in [0.05, 0.1) is 12.2 Å². The van der Waals surface area contributed by atoms with Crippen molar-refractivity contribution in [3.63, 3.8) is 0 Å². The highest BCUT2D eigenvalue weighted by Gasteiger charge is 2.28. The molecule has 0 amide bonds. The van der Waals surface area contributed by atoms with Gasteiger partial charge in [0.25, 0.3) is 0 Å². The highest BCUT2D eigenvalue weighted by Crippen LogP contribution is 2.23. The van der Waals surface area contributed by atoms with Gasteiger partial charge in [-0.15, -0.1) is 0 Å². The van der Waals surface area contributed by atoms with E-state index >= 15 is 0 Å². The van der Waals surface area contributed by atoms with Gasteiger partial charge in [0.15, 0.2) is 0 Å². The topological polar surface area (TPSA) is 30.5 Å². The third-order valence-corrected chi connectivity index (χ3v) is 2.83. The maximum atomic E-state index is 5.68. The normalized spacial score (nSPS) is 24.9. The van der Waals surface area contributed by atoms with Crippen molar-refractivity contribution < 1.29 is 9.47 Å². The molecule has 0 spiro atoms. The predicted molar refractivity (Wildman–Crippen MR) is 66.7 cm³/mol. The van der Waals surface area contributed by atoms with E-state index in [4.69, 9.17) is 9.47 Å². The summed E-state index contributed by atoms with van der Waals surface area (Å²) in [5.41, 5.74) is 0.0364. The summed E-state index contributed by atoms with van der Waals surface area (Å²) in [4.78, 5) is 0. The van der Waals surface area contributed by atoms with Gasteiger partial charge in [0, 0.05) is 25.8 Å². The monoisotopic (exact) mass is 229 g/mol. The van der Waals surface area contributed by atoms with Crippen LogP contribution >= 0.6 is 0 Å². The molecule has 1 heterocycles. The number of rotatable bonds is 6. The van der Waals surface area contributed by atoms with Gasteiger partial charge in [-0.3, -0.25) is 0 Å². The molecule has 0 aromatic rings. The standard InChI is InChI=1S/C13H27NO2/c1-11(2)10-15-8-6-14-12-5-7-16-13(3,4)9-12/h11-12,14H,5-10H2,1-4H3. The molecule has 0 radical (unpaired) electrons. The van der Waals surface area contributed by atoms with Crippen LogP contribution in [0.15, 0.2) is 0 Å². The summed E-state index contributed by atoms with van der Waals surface area (Å²) < 4.78 is 11.2. The Morgan fingerprint density at radius 3 is 2.81 bits per heavy atom. The first-order valence-corrected chi connectivity index (χ1v) is 6.45. The van der Waals surface area contributed by atoms with E-state index in [1.54, 1.807) is 0 Å². The van der Waals surface area contributed by atoms with Crippen LogP contribution in [0.25, 0.3) is 0 Å². The zero-order valence-electron chi connectivity index (χ0n) is 11.2. The van der Waals surface area contributed by atoms with Gasteiger partial charge in [-0.1, -0.05) is 13.8 Å². The summed E-state index contributed by atoms with van der Waals surface area (Å²) in [5.74, 6) is 0.627. The van der Waals surface area contributed by atoms with E-state index in [2.05, 4.69) is 33.0 Å². The summed E-state index contributed by atoms with van der Waals surface area (Å²) in [5, 5.41) is 3.55. The van der Waals surface area contributed by atoms with Gasteiger partial charge in [0.1, 0.15) is 0 Å². The lowest BCUT2D eigenvalue weighted by Gasteiger charge is -2.36. The molecule has 0 aliphatic carbocycles. The average molecular weight is 229 g/mol. The molecule has 1 aliphatic heterocycles. The molecule has 1 unspecified atom stereocenters. The van der Waals surface area contributed by atoms with Crippen LogP contribution in [0.3, 0.4) is 0 Å². The second kappa shape index (κ2) is 6.58. The Bertz CT molecular complexity index is 192. The van der Waals surface area contributed by atoms with Gasteiger partial charge in [0.2, 0.25) is 0 Å². The molecular weight excluding hydrogens is 202 g/mol. The minimum Gasteiger partial charge on any atom is -0.380 e. The fourth-order valence-electron chi connectivity index (χ4n) is 2.06. The number of nitrogens with one attached hydrogen (secondary N) is 1. The van der Waals surface area contributed by atoms with Crippen LogP contribution in [0.1, 0.15) is 40.5 Å². The highest BCUT2D eigenvalue weighted by molar-refractivity contribution is 4.82. The zero-order chi connectivity index (χ0) is 12.0. The van der Waals surface area contributed by atoms with Crippen molar-refractivity contribution in [2.45, 2.75) is 52.2 Å². The van der Waals surface area contributed by atoms with Crippen LogP contribution in [0.2, 0.25) is 0 Å². The van der Waals surface area contributed by atoms with E-state index in [1.807, 2.05) is 0 Å². The lowest BCUT2D eigenvalue weighted by molar-refractivity contribution is -0.0634. The van der Waals surface area contributed by atoms with Gasteiger partial charge in [-0.05, 0) is 32.6 Å². The van der Waals surface area contributed by atoms with E-state index in [-0.39, 0.29) is 5.60 Å². The molecule has 3 heteroatoms. The van der Waals surface area contributed by atoms with Crippen molar-refractivity contribution in [2.75, 3.05) is 26.4 Å². The predicted octanol–water partition coefficient (Wildman–Crippen LogP) is 2.21. The number of hydrogen-bond donors (Lipinski definition) is 1. The van der Waals surface area contributed by atoms with Crippen molar-refractivity contribution in [1.29, 1.82) is 0 Å². The second-order valence-electron chi connectivity index (χ2n) is 5.72. The van der Waals surface area contributed by atoms with E-state index in [0.29, 0.717) is 12.0 Å². The van der Waals surface area contributed by atoms with E-state index in [0.717, 1.165) is 39.2 Å². The van der Waals surface area contributed by atoms with Crippen LogP contribution in [-0.4, -0.2) is 38.0 Å². The summed E-state index contributed by atoms with van der Waals surface area (Å²) in [6.45, 7) is 12.2. The number of hydrogen-bond acceptors (Lipinski definition) is 3. The molecule has 1 rings (SSSR count). The minimum absolute atomic E-state index is 0.0364. The Morgan fingerprint density at radius 2 is 2.19 bits per heavy atom. The quantitative estimate of drug-likeness (QED) is 0.708. The Kier molecular flexibility index (Phi) is 5.73. The first-order chi connectivity index (χ1) is 7.49. The molecule has 0 saturated carbocycles. The van der Waals surface area contributed by atoms with Crippen molar-refractivity contribution in [3.8, 4) is 0 Å². The lowest BCUT2D eigenvalue weighted by atomic mass is 9.94. The molecule has 1 saturated heterocycles. The lowest BCUT2D eigenvalue weighted by Crippen LogP contribution is -2.44. The molecule has 0 aromatic heterocycles. The molecule has 3 nitrogen and oxygen atoms in total. The second-order valence-corrected chi connectivity index (χ2v) is 5.72. The summed E-state index contributed by atoms with van der Waals surface area (Å²) in [6.07, 6.45) is 2.21. The van der Waals surface area contributed by atoms with Crippen LogP contribution < -0.4 is 5.32 Å². The average Bonchev–Trinajstić information content (AvgIpc) is 2.15. The van der Waals surface area contributed by atoms with E-state index in [9.17, 15) is 0 Å². The molecule has 1 fully saturated rings. The third-order valence-electron chi connectivity index (χ3n) is 2.83. The van der Waals surface area contributed by atoms with Crippen molar-refractivity contribution in [2.24, 2.45) is 5.92 Å². The number of ether oxygens (including phenoxy) is 2.